The Kier molecular flexibility index (Phi) is 6.13. The van der Waals surface area contributed by atoms with Gasteiger partial charge in [0.1, 0.15) is 5.75 Å². The molecule has 1 unspecified atom stereocenters. The Hall–Kier alpha value is -1.28. The van der Waals surface area contributed by atoms with Crippen molar-refractivity contribution in [1.82, 2.24) is 5.32 Å². The average Bonchev–Trinajstić information content (AvgIpc) is 2.43. The van der Waals surface area contributed by atoms with Crippen LogP contribution in [0.4, 0.5) is 0 Å². The number of benzene rings is 1. The van der Waals surface area contributed by atoms with Crippen molar-refractivity contribution >= 4 is 0 Å². The van der Waals surface area contributed by atoms with Gasteiger partial charge in [-0.2, -0.15) is 0 Å². The molecule has 0 heterocycles. The normalized spacial score (nSPS) is 20.4. The van der Waals surface area contributed by atoms with Crippen LogP contribution in [0.3, 0.4) is 0 Å². The van der Waals surface area contributed by atoms with Crippen molar-refractivity contribution < 1.29 is 4.74 Å². The zero-order valence-corrected chi connectivity index (χ0v) is 12.8. The van der Waals surface area contributed by atoms with Crippen LogP contribution in [0.2, 0.25) is 0 Å². The third-order valence-corrected chi connectivity index (χ3v) is 4.01. The zero-order valence-electron chi connectivity index (χ0n) is 12.8. The fourth-order valence-electron chi connectivity index (χ4n) is 2.97. The summed E-state index contributed by atoms with van der Waals surface area (Å²) < 4.78 is 5.52. The summed E-state index contributed by atoms with van der Waals surface area (Å²) in [6, 6.07) is 8.88. The van der Waals surface area contributed by atoms with E-state index in [1.807, 2.05) is 6.92 Å². The van der Waals surface area contributed by atoms with Crippen LogP contribution in [0.15, 0.2) is 35.9 Å². The lowest BCUT2D eigenvalue weighted by Crippen LogP contribution is -2.19. The molecule has 0 radical (unpaired) electrons. The minimum Gasteiger partial charge on any atom is -0.494 e. The molecule has 2 rings (SSSR count). The third kappa shape index (κ3) is 4.11. The Balaban J connectivity index is 2.13. The Morgan fingerprint density at radius 1 is 1.10 bits per heavy atom. The third-order valence-electron chi connectivity index (χ3n) is 4.01. The van der Waals surface area contributed by atoms with Gasteiger partial charge in [0.05, 0.1) is 12.6 Å². The second-order valence-corrected chi connectivity index (χ2v) is 5.46. The first kappa shape index (κ1) is 15.1. The maximum atomic E-state index is 5.52. The monoisotopic (exact) mass is 273 g/mol. The Labute approximate surface area is 123 Å². The zero-order chi connectivity index (χ0) is 14.2. The van der Waals surface area contributed by atoms with E-state index in [4.69, 9.17) is 4.74 Å². The number of allylic oxidation sites excluding steroid dienone is 1. The van der Waals surface area contributed by atoms with Crippen molar-refractivity contribution in [3.05, 3.63) is 41.5 Å². The van der Waals surface area contributed by atoms with Crippen LogP contribution in [0.5, 0.6) is 5.75 Å². The number of hydrogen-bond acceptors (Lipinski definition) is 2. The van der Waals surface area contributed by atoms with E-state index in [0.29, 0.717) is 6.04 Å². The highest BCUT2D eigenvalue weighted by Crippen LogP contribution is 2.29. The first-order valence-electron chi connectivity index (χ1n) is 7.94. The molecule has 1 aromatic rings. The highest BCUT2D eigenvalue weighted by atomic mass is 16.5. The van der Waals surface area contributed by atoms with Crippen molar-refractivity contribution in [2.45, 2.75) is 51.5 Å². The minimum atomic E-state index is 0.351. The summed E-state index contributed by atoms with van der Waals surface area (Å²) in [7, 11) is 2.06. The van der Waals surface area contributed by atoms with Crippen molar-refractivity contribution in [3.8, 4) is 5.75 Å². The molecule has 2 heteroatoms. The summed E-state index contributed by atoms with van der Waals surface area (Å²) in [5.41, 5.74) is 2.89. The Morgan fingerprint density at radius 2 is 1.85 bits per heavy atom. The SMILES string of the molecule is CCOc1ccc(C(NC)/C2=C/CCCCCC2)cc1. The van der Waals surface area contributed by atoms with Crippen molar-refractivity contribution in [2.75, 3.05) is 13.7 Å². The van der Waals surface area contributed by atoms with Crippen molar-refractivity contribution in [2.24, 2.45) is 0 Å². The summed E-state index contributed by atoms with van der Waals surface area (Å²) >= 11 is 0. The quantitative estimate of drug-likeness (QED) is 0.790. The van der Waals surface area contributed by atoms with Gasteiger partial charge in [-0.05, 0) is 57.4 Å². The van der Waals surface area contributed by atoms with Crippen LogP contribution in [-0.2, 0) is 0 Å². The van der Waals surface area contributed by atoms with E-state index in [-0.39, 0.29) is 0 Å². The van der Waals surface area contributed by atoms with E-state index >= 15 is 0 Å². The summed E-state index contributed by atoms with van der Waals surface area (Å²) in [5, 5.41) is 3.48. The van der Waals surface area contributed by atoms with Gasteiger partial charge in [-0.15, -0.1) is 0 Å². The summed E-state index contributed by atoms with van der Waals surface area (Å²) in [5.74, 6) is 0.956. The minimum absolute atomic E-state index is 0.351. The molecule has 1 atom stereocenters. The molecular weight excluding hydrogens is 246 g/mol. The lowest BCUT2D eigenvalue weighted by atomic mass is 9.91. The molecule has 2 nitrogen and oxygen atoms in total. The molecule has 0 spiro atoms. The van der Waals surface area contributed by atoms with Gasteiger partial charge >= 0.3 is 0 Å². The fraction of sp³-hybridized carbons (Fsp3) is 0.556. The van der Waals surface area contributed by atoms with Crippen molar-refractivity contribution in [1.29, 1.82) is 0 Å². The Bertz CT molecular complexity index is 422. The van der Waals surface area contributed by atoms with Crippen molar-refractivity contribution in [3.63, 3.8) is 0 Å². The molecule has 0 fully saturated rings. The summed E-state index contributed by atoms with van der Waals surface area (Å²) in [6.07, 6.45) is 10.3. The van der Waals surface area contributed by atoms with E-state index in [1.165, 1.54) is 44.1 Å². The van der Waals surface area contributed by atoms with Gasteiger partial charge in [0.2, 0.25) is 0 Å². The molecule has 1 aliphatic carbocycles. The number of likely N-dealkylation sites (N-methyl/N-ethyl adjacent to an activating group) is 1. The molecule has 0 saturated heterocycles. The van der Waals surface area contributed by atoms with Gasteiger partial charge in [-0.3, -0.25) is 0 Å². The standard InChI is InChI=1S/C18H27NO/c1-3-20-17-13-11-16(12-14-17)18(19-2)15-9-7-5-4-6-8-10-15/h9,11-14,18-19H,3-8,10H2,1-2H3/b15-9+. The van der Waals surface area contributed by atoms with E-state index in [9.17, 15) is 0 Å². The second kappa shape index (κ2) is 8.11. The lowest BCUT2D eigenvalue weighted by Gasteiger charge is -2.22. The van der Waals surface area contributed by atoms with Gasteiger partial charge < -0.3 is 10.1 Å². The van der Waals surface area contributed by atoms with Gasteiger partial charge in [0, 0.05) is 0 Å². The topological polar surface area (TPSA) is 21.3 Å². The van der Waals surface area contributed by atoms with E-state index in [1.54, 1.807) is 5.57 Å². The van der Waals surface area contributed by atoms with Crippen LogP contribution in [0.25, 0.3) is 0 Å². The first-order chi connectivity index (χ1) is 9.85. The average molecular weight is 273 g/mol. The second-order valence-electron chi connectivity index (χ2n) is 5.46. The molecule has 0 saturated carbocycles. The highest BCUT2D eigenvalue weighted by molar-refractivity contribution is 5.33. The van der Waals surface area contributed by atoms with E-state index < -0.39 is 0 Å². The molecule has 1 N–H and O–H groups in total. The number of hydrogen-bond donors (Lipinski definition) is 1. The summed E-state index contributed by atoms with van der Waals surface area (Å²) in [6.45, 7) is 2.74. The number of rotatable bonds is 5. The first-order valence-corrected chi connectivity index (χ1v) is 7.94. The fourth-order valence-corrected chi connectivity index (χ4v) is 2.97. The number of nitrogens with one attached hydrogen (secondary N) is 1. The molecule has 0 aliphatic heterocycles. The molecule has 0 bridgehead atoms. The maximum absolute atomic E-state index is 5.52. The van der Waals surface area contributed by atoms with Crippen LogP contribution in [-0.4, -0.2) is 13.7 Å². The Morgan fingerprint density at radius 3 is 2.55 bits per heavy atom. The molecule has 0 aromatic heterocycles. The highest BCUT2D eigenvalue weighted by Gasteiger charge is 2.15. The molecule has 20 heavy (non-hydrogen) atoms. The largest absolute Gasteiger partial charge is 0.494 e. The van der Waals surface area contributed by atoms with Crippen LogP contribution >= 0.6 is 0 Å². The molecule has 110 valence electrons. The summed E-state index contributed by atoms with van der Waals surface area (Å²) in [4.78, 5) is 0. The van der Waals surface area contributed by atoms with Crippen LogP contribution in [0.1, 0.15) is 57.1 Å². The van der Waals surface area contributed by atoms with E-state index in [2.05, 4.69) is 42.7 Å². The van der Waals surface area contributed by atoms with Gasteiger partial charge in [-0.25, -0.2) is 0 Å². The van der Waals surface area contributed by atoms with Gasteiger partial charge in [0.15, 0.2) is 0 Å². The smallest absolute Gasteiger partial charge is 0.119 e. The number of ether oxygens (including phenoxy) is 1. The predicted octanol–water partition coefficient (Wildman–Crippen LogP) is 4.63. The molecule has 1 aliphatic rings. The predicted molar refractivity (Wildman–Crippen MR) is 85.2 cm³/mol. The lowest BCUT2D eigenvalue weighted by molar-refractivity contribution is 0.340. The van der Waals surface area contributed by atoms with Gasteiger partial charge in [-0.1, -0.05) is 36.6 Å². The molecule has 1 aromatic carbocycles. The van der Waals surface area contributed by atoms with Crippen LogP contribution in [0, 0.1) is 0 Å². The molecular formula is C18H27NO. The van der Waals surface area contributed by atoms with Gasteiger partial charge in [0.25, 0.3) is 0 Å². The van der Waals surface area contributed by atoms with Crippen LogP contribution < -0.4 is 10.1 Å². The molecule has 0 amide bonds. The maximum Gasteiger partial charge on any atom is 0.119 e. The van der Waals surface area contributed by atoms with E-state index in [0.717, 1.165) is 12.4 Å².